The zero-order valence-electron chi connectivity index (χ0n) is 17.3. The Morgan fingerprint density at radius 2 is 1.88 bits per heavy atom. The maximum absolute atomic E-state index is 12.7. The van der Waals surface area contributed by atoms with E-state index in [2.05, 4.69) is 30.4 Å². The minimum Gasteiger partial charge on any atom is -0.453 e. The number of aromatic nitrogens is 6. The van der Waals surface area contributed by atoms with Crippen molar-refractivity contribution in [2.24, 2.45) is 0 Å². The molecule has 0 aliphatic carbocycles. The Morgan fingerprint density at radius 3 is 2.59 bits per heavy atom. The van der Waals surface area contributed by atoms with Gasteiger partial charge in [-0.3, -0.25) is 0 Å². The van der Waals surface area contributed by atoms with Crippen LogP contribution in [0.3, 0.4) is 0 Å². The van der Waals surface area contributed by atoms with E-state index in [1.54, 1.807) is 16.8 Å². The number of nitrogens with zero attached hydrogens (tertiary/aromatic N) is 6. The van der Waals surface area contributed by atoms with Gasteiger partial charge in [-0.15, -0.1) is 0 Å². The van der Waals surface area contributed by atoms with Crippen molar-refractivity contribution in [1.82, 2.24) is 29.7 Å². The van der Waals surface area contributed by atoms with E-state index in [9.17, 15) is 4.79 Å². The third-order valence-electron chi connectivity index (χ3n) is 4.31. The summed E-state index contributed by atoms with van der Waals surface area (Å²) in [5.74, 6) is 0.125. The fraction of sp³-hybridized carbons (Fsp3) is 0.143. The van der Waals surface area contributed by atoms with Crippen LogP contribution in [0.5, 0.6) is 0 Å². The molecule has 11 heteroatoms. The van der Waals surface area contributed by atoms with E-state index in [0.717, 1.165) is 17.1 Å². The lowest BCUT2D eigenvalue weighted by atomic mass is 10.3. The van der Waals surface area contributed by atoms with E-state index in [1.165, 1.54) is 0 Å². The molecule has 4 aromatic rings. The molecule has 1 aromatic carbocycles. The highest BCUT2D eigenvalue weighted by Crippen LogP contribution is 2.19. The largest absolute Gasteiger partial charge is 0.453 e. The molecule has 3 N–H and O–H groups in total. The normalized spacial score (nSPS) is 10.7. The average molecular weight is 451 g/mol. The van der Waals surface area contributed by atoms with Crippen LogP contribution in [0.15, 0.2) is 48.5 Å². The summed E-state index contributed by atoms with van der Waals surface area (Å²) < 4.78 is 6.95. The zero-order valence-corrected chi connectivity index (χ0v) is 18.0. The number of carbonyl (C=O) groups excluding carboxylic acids is 1. The Labute approximate surface area is 188 Å². The molecular formula is C21H19ClN8O2. The number of ether oxygens (including phenoxy) is 1. The maximum Gasteiger partial charge on any atom is 0.359 e. The number of anilines is 3. The number of esters is 1. The van der Waals surface area contributed by atoms with Gasteiger partial charge < -0.3 is 15.8 Å². The van der Waals surface area contributed by atoms with Gasteiger partial charge >= 0.3 is 5.97 Å². The Balaban J connectivity index is 1.50. The van der Waals surface area contributed by atoms with E-state index in [1.807, 2.05) is 50.2 Å². The Hall–Kier alpha value is -4.05. The Kier molecular flexibility index (Phi) is 5.95. The molecule has 0 saturated carbocycles. The van der Waals surface area contributed by atoms with E-state index in [-0.39, 0.29) is 35.0 Å². The smallest absolute Gasteiger partial charge is 0.359 e. The van der Waals surface area contributed by atoms with E-state index < -0.39 is 5.97 Å². The highest BCUT2D eigenvalue weighted by Gasteiger charge is 2.18. The number of nitrogens with one attached hydrogen (secondary N) is 1. The van der Waals surface area contributed by atoms with Crippen molar-refractivity contribution in [2.45, 2.75) is 20.5 Å². The molecule has 0 fully saturated rings. The molecule has 0 unspecified atom stereocenters. The van der Waals surface area contributed by atoms with Crippen LogP contribution in [0, 0.1) is 13.8 Å². The molecule has 0 aliphatic rings. The molecule has 10 nitrogen and oxygen atoms in total. The summed E-state index contributed by atoms with van der Waals surface area (Å²) >= 11 is 6.18. The van der Waals surface area contributed by atoms with E-state index >= 15 is 0 Å². The van der Waals surface area contributed by atoms with Gasteiger partial charge in [0.1, 0.15) is 0 Å². The van der Waals surface area contributed by atoms with E-state index in [0.29, 0.717) is 5.82 Å². The molecule has 3 heterocycles. The predicted octanol–water partition coefficient (Wildman–Crippen LogP) is 3.41. The number of benzene rings is 1. The summed E-state index contributed by atoms with van der Waals surface area (Å²) in [6, 6.07) is 14.5. The van der Waals surface area contributed by atoms with Crippen molar-refractivity contribution in [3.05, 3.63) is 76.5 Å². The van der Waals surface area contributed by atoms with Gasteiger partial charge in [0.15, 0.2) is 23.9 Å². The van der Waals surface area contributed by atoms with Crippen molar-refractivity contribution in [3.8, 4) is 5.82 Å². The van der Waals surface area contributed by atoms with Gasteiger partial charge in [-0.05, 0) is 44.2 Å². The lowest BCUT2D eigenvalue weighted by Gasteiger charge is -2.09. The van der Waals surface area contributed by atoms with Gasteiger partial charge in [0.05, 0.1) is 10.7 Å². The fourth-order valence-electron chi connectivity index (χ4n) is 2.96. The quantitative estimate of drug-likeness (QED) is 0.423. The topological polar surface area (TPSA) is 134 Å². The number of hydrogen-bond acceptors (Lipinski definition) is 9. The zero-order chi connectivity index (χ0) is 22.7. The monoisotopic (exact) mass is 450 g/mol. The van der Waals surface area contributed by atoms with Gasteiger partial charge in [-0.1, -0.05) is 29.8 Å². The molecular weight excluding hydrogens is 432 g/mol. The van der Waals surface area contributed by atoms with Crippen molar-refractivity contribution >= 4 is 35.2 Å². The van der Waals surface area contributed by atoms with Gasteiger partial charge in [0.25, 0.3) is 0 Å². The minimum atomic E-state index is -0.727. The maximum atomic E-state index is 12.7. The summed E-state index contributed by atoms with van der Waals surface area (Å²) in [7, 11) is 0. The lowest BCUT2D eigenvalue weighted by molar-refractivity contribution is 0.0455. The first kappa shape index (κ1) is 21.2. The van der Waals surface area contributed by atoms with E-state index in [4.69, 9.17) is 22.1 Å². The van der Waals surface area contributed by atoms with Crippen LogP contribution in [0.1, 0.15) is 27.7 Å². The van der Waals surface area contributed by atoms with Crippen molar-refractivity contribution < 1.29 is 9.53 Å². The second-order valence-electron chi connectivity index (χ2n) is 6.84. The summed E-state index contributed by atoms with van der Waals surface area (Å²) in [5, 5.41) is 7.54. The summed E-state index contributed by atoms with van der Waals surface area (Å²) in [6.45, 7) is 3.52. The molecule has 3 aromatic heterocycles. The number of para-hydroxylation sites is 1. The van der Waals surface area contributed by atoms with Gasteiger partial charge in [0, 0.05) is 11.4 Å². The van der Waals surface area contributed by atoms with Crippen LogP contribution < -0.4 is 11.1 Å². The Bertz CT molecular complexity index is 1280. The van der Waals surface area contributed by atoms with Crippen LogP contribution in [0.2, 0.25) is 5.02 Å². The molecule has 32 heavy (non-hydrogen) atoms. The third kappa shape index (κ3) is 4.81. The molecule has 0 spiro atoms. The van der Waals surface area contributed by atoms with Crippen LogP contribution in [0.25, 0.3) is 5.82 Å². The standard InChI is InChI=1S/C21H19ClN8O2/c1-12-10-13(2)30(29-12)17-9-8-15(22)18(27-17)19(31)32-11-16-25-20(23)28-21(26-16)24-14-6-4-3-5-7-14/h3-10H,11H2,1-2H3,(H3,23,24,25,26,28). The number of aryl methyl sites for hydroxylation is 2. The van der Waals surface area contributed by atoms with Crippen LogP contribution in [-0.4, -0.2) is 35.7 Å². The van der Waals surface area contributed by atoms with Gasteiger partial charge in [-0.2, -0.15) is 20.1 Å². The third-order valence-corrected chi connectivity index (χ3v) is 4.62. The molecule has 0 saturated heterocycles. The molecule has 0 amide bonds. The Morgan fingerprint density at radius 1 is 1.09 bits per heavy atom. The number of nitrogens with two attached hydrogens (primary N) is 1. The first-order chi connectivity index (χ1) is 15.4. The predicted molar refractivity (Wildman–Crippen MR) is 119 cm³/mol. The number of rotatable bonds is 6. The van der Waals surface area contributed by atoms with Crippen molar-refractivity contribution in [1.29, 1.82) is 0 Å². The summed E-state index contributed by atoms with van der Waals surface area (Å²) in [6.07, 6.45) is 0. The molecule has 162 valence electrons. The number of pyridine rings is 1. The number of halogens is 1. The second-order valence-corrected chi connectivity index (χ2v) is 7.25. The molecule has 0 atom stereocenters. The number of carbonyl (C=O) groups is 1. The fourth-order valence-corrected chi connectivity index (χ4v) is 3.14. The van der Waals surface area contributed by atoms with Gasteiger partial charge in [-0.25, -0.2) is 14.5 Å². The molecule has 0 bridgehead atoms. The molecule has 0 radical (unpaired) electrons. The lowest BCUT2D eigenvalue weighted by Crippen LogP contribution is -2.14. The molecule has 4 rings (SSSR count). The first-order valence-corrected chi connectivity index (χ1v) is 9.96. The van der Waals surface area contributed by atoms with Crippen LogP contribution >= 0.6 is 11.6 Å². The van der Waals surface area contributed by atoms with Crippen molar-refractivity contribution in [2.75, 3.05) is 11.1 Å². The minimum absolute atomic E-state index is 0.00726. The van der Waals surface area contributed by atoms with Gasteiger partial charge in [0.2, 0.25) is 11.9 Å². The van der Waals surface area contributed by atoms with Crippen molar-refractivity contribution in [3.63, 3.8) is 0 Å². The highest BCUT2D eigenvalue weighted by molar-refractivity contribution is 6.33. The van der Waals surface area contributed by atoms with Crippen LogP contribution in [0.4, 0.5) is 17.6 Å². The highest BCUT2D eigenvalue weighted by atomic mass is 35.5. The molecule has 0 aliphatic heterocycles. The second kappa shape index (κ2) is 8.98. The average Bonchev–Trinajstić information content (AvgIpc) is 3.10. The van der Waals surface area contributed by atoms with Crippen LogP contribution in [-0.2, 0) is 11.3 Å². The summed E-state index contributed by atoms with van der Waals surface area (Å²) in [4.78, 5) is 29.3. The SMILES string of the molecule is Cc1cc(C)n(-c2ccc(Cl)c(C(=O)OCc3nc(N)nc(Nc4ccccc4)n3)n2)n1. The first-order valence-electron chi connectivity index (χ1n) is 9.59. The number of hydrogen-bond donors (Lipinski definition) is 2. The number of nitrogen functional groups attached to an aromatic ring is 1. The summed E-state index contributed by atoms with van der Waals surface area (Å²) in [5.41, 5.74) is 8.21.